The third-order valence-electron chi connectivity index (χ3n) is 7.98. The molecule has 0 unspecified atom stereocenters. The molecule has 1 fully saturated rings. The average molecular weight is 553 g/mol. The molecule has 1 saturated heterocycles. The van der Waals surface area contributed by atoms with Crippen LogP contribution < -0.4 is 10.6 Å². The zero-order chi connectivity index (χ0) is 27.6. The maximum Gasteiger partial charge on any atom is 0.264 e. The summed E-state index contributed by atoms with van der Waals surface area (Å²) < 4.78 is 27.6. The Morgan fingerprint density at radius 3 is 2.69 bits per heavy atom. The normalized spacial score (nSPS) is 23.4. The smallest absolute Gasteiger partial charge is 0.264 e. The maximum atomic E-state index is 13.3. The third-order valence-corrected chi connectivity index (χ3v) is 9.78. The molecule has 5 rings (SSSR count). The molecule has 9 nitrogen and oxygen atoms in total. The van der Waals surface area contributed by atoms with E-state index in [1.54, 1.807) is 12.1 Å². The summed E-state index contributed by atoms with van der Waals surface area (Å²) >= 11 is 0. The van der Waals surface area contributed by atoms with Gasteiger partial charge in [0.1, 0.15) is 6.04 Å². The van der Waals surface area contributed by atoms with Gasteiger partial charge in [0.25, 0.3) is 10.0 Å². The maximum absolute atomic E-state index is 13.3. The Morgan fingerprint density at radius 1 is 1.13 bits per heavy atom. The van der Waals surface area contributed by atoms with E-state index < -0.39 is 22.0 Å². The van der Waals surface area contributed by atoms with Gasteiger partial charge in [0.15, 0.2) is 0 Å². The van der Waals surface area contributed by atoms with E-state index in [-0.39, 0.29) is 35.9 Å². The number of fused-ring (bicyclic) bond motifs is 1. The number of aliphatic hydroxyl groups excluding tert-OH is 1. The van der Waals surface area contributed by atoms with Gasteiger partial charge in [0.05, 0.1) is 24.0 Å². The van der Waals surface area contributed by atoms with Crippen LogP contribution in [0, 0.1) is 6.92 Å². The van der Waals surface area contributed by atoms with Crippen molar-refractivity contribution in [2.24, 2.45) is 0 Å². The number of nitrogens with one attached hydrogen (secondary N) is 2. The molecule has 1 aliphatic carbocycles. The number of likely N-dealkylation sites (tertiary alicyclic amines) is 1. The summed E-state index contributed by atoms with van der Waals surface area (Å²) in [4.78, 5) is 28.3. The molecule has 0 spiro atoms. The van der Waals surface area contributed by atoms with Gasteiger partial charge in [-0.1, -0.05) is 35.9 Å². The second kappa shape index (κ2) is 11.5. The second-order valence-electron chi connectivity index (χ2n) is 10.7. The number of amides is 2. The number of benzene rings is 2. The Labute approximate surface area is 229 Å². The highest BCUT2D eigenvalue weighted by Gasteiger charge is 2.37. The SMILES string of the molecule is Cc1ccc(S(=O)(=O)N2C=CNC(=O)[C@H]2CC(=O)N[C@@H]2CCCc3cc(CN4CCC[C@H]4CO)ccc32)cc1. The third kappa shape index (κ3) is 5.88. The minimum atomic E-state index is -4.02. The number of hydrogen-bond donors (Lipinski definition) is 3. The van der Waals surface area contributed by atoms with Gasteiger partial charge in [-0.25, -0.2) is 8.42 Å². The summed E-state index contributed by atoms with van der Waals surface area (Å²) in [7, 11) is -4.02. The molecule has 3 aliphatic rings. The van der Waals surface area contributed by atoms with Crippen molar-refractivity contribution in [2.75, 3.05) is 13.2 Å². The van der Waals surface area contributed by atoms with Gasteiger partial charge in [-0.3, -0.25) is 18.8 Å². The summed E-state index contributed by atoms with van der Waals surface area (Å²) in [6, 6.07) is 11.6. The summed E-state index contributed by atoms with van der Waals surface area (Å²) in [5.74, 6) is -0.917. The Bertz CT molecular complexity index is 1360. The summed E-state index contributed by atoms with van der Waals surface area (Å²) in [6.07, 6.45) is 7.04. The van der Waals surface area contributed by atoms with E-state index >= 15 is 0 Å². The van der Waals surface area contributed by atoms with Crippen molar-refractivity contribution < 1.29 is 23.1 Å². The number of sulfonamides is 1. The van der Waals surface area contributed by atoms with Crippen LogP contribution in [-0.4, -0.2) is 59.8 Å². The first-order chi connectivity index (χ1) is 18.8. The van der Waals surface area contributed by atoms with Gasteiger partial charge in [-0.2, -0.15) is 0 Å². The molecule has 0 saturated carbocycles. The molecular formula is C29H36N4O5S. The molecule has 2 aromatic rings. The van der Waals surface area contributed by atoms with Gasteiger partial charge >= 0.3 is 0 Å². The van der Waals surface area contributed by atoms with Crippen LogP contribution in [0.2, 0.25) is 0 Å². The first-order valence-corrected chi connectivity index (χ1v) is 15.0. The first kappa shape index (κ1) is 27.4. The highest BCUT2D eigenvalue weighted by molar-refractivity contribution is 7.89. The van der Waals surface area contributed by atoms with Gasteiger partial charge in [0, 0.05) is 25.0 Å². The molecule has 10 heteroatoms. The molecule has 3 N–H and O–H groups in total. The molecule has 39 heavy (non-hydrogen) atoms. The van der Waals surface area contributed by atoms with E-state index in [0.29, 0.717) is 0 Å². The number of rotatable bonds is 8. The minimum absolute atomic E-state index is 0.0640. The van der Waals surface area contributed by atoms with Crippen LogP contribution in [0.1, 0.15) is 60.4 Å². The van der Waals surface area contributed by atoms with Crippen LogP contribution in [0.15, 0.2) is 59.8 Å². The van der Waals surface area contributed by atoms with E-state index in [1.165, 1.54) is 35.7 Å². The van der Waals surface area contributed by atoms with Crippen LogP contribution >= 0.6 is 0 Å². The zero-order valence-corrected chi connectivity index (χ0v) is 23.0. The fourth-order valence-corrected chi connectivity index (χ4v) is 7.31. The zero-order valence-electron chi connectivity index (χ0n) is 22.2. The Morgan fingerprint density at radius 2 is 1.92 bits per heavy atom. The summed E-state index contributed by atoms with van der Waals surface area (Å²) in [5.41, 5.74) is 4.38. The highest BCUT2D eigenvalue weighted by Crippen LogP contribution is 2.32. The van der Waals surface area contributed by atoms with Crippen molar-refractivity contribution in [3.63, 3.8) is 0 Å². The summed E-state index contributed by atoms with van der Waals surface area (Å²) in [6.45, 7) is 3.83. The largest absolute Gasteiger partial charge is 0.395 e. The lowest BCUT2D eigenvalue weighted by Gasteiger charge is -2.32. The Kier molecular flexibility index (Phi) is 8.06. The van der Waals surface area contributed by atoms with Gasteiger partial charge in [0.2, 0.25) is 11.8 Å². The van der Waals surface area contributed by atoms with Crippen LogP contribution in [-0.2, 0) is 32.6 Å². The van der Waals surface area contributed by atoms with Crippen LogP contribution in [0.25, 0.3) is 0 Å². The monoisotopic (exact) mass is 552 g/mol. The molecule has 2 aliphatic heterocycles. The van der Waals surface area contributed by atoms with Gasteiger partial charge in [-0.05, 0) is 74.4 Å². The number of carbonyl (C=O) groups excluding carboxylic acids is 2. The first-order valence-electron chi connectivity index (χ1n) is 13.6. The van der Waals surface area contributed by atoms with Crippen LogP contribution in [0.3, 0.4) is 0 Å². The number of carbonyl (C=O) groups is 2. The van der Waals surface area contributed by atoms with E-state index in [4.69, 9.17) is 0 Å². The Balaban J connectivity index is 1.28. The molecule has 2 heterocycles. The van der Waals surface area contributed by atoms with Crippen LogP contribution in [0.5, 0.6) is 0 Å². The van der Waals surface area contributed by atoms with Crippen molar-refractivity contribution in [3.05, 3.63) is 77.1 Å². The lowest BCUT2D eigenvalue weighted by atomic mass is 9.86. The fourth-order valence-electron chi connectivity index (χ4n) is 5.86. The van der Waals surface area contributed by atoms with Crippen LogP contribution in [0.4, 0.5) is 0 Å². The lowest BCUT2D eigenvalue weighted by Crippen LogP contribution is -2.51. The van der Waals surface area contributed by atoms with E-state index in [9.17, 15) is 23.1 Å². The summed E-state index contributed by atoms with van der Waals surface area (Å²) in [5, 5.41) is 15.2. The number of hydrogen-bond acceptors (Lipinski definition) is 6. The predicted octanol–water partition coefficient (Wildman–Crippen LogP) is 2.50. The van der Waals surface area contributed by atoms with Gasteiger partial charge in [-0.15, -0.1) is 0 Å². The van der Waals surface area contributed by atoms with Crippen molar-refractivity contribution in [1.82, 2.24) is 19.8 Å². The van der Waals surface area contributed by atoms with Crippen molar-refractivity contribution in [1.29, 1.82) is 0 Å². The predicted molar refractivity (Wildman–Crippen MR) is 147 cm³/mol. The molecule has 2 aromatic carbocycles. The van der Waals surface area contributed by atoms with Crippen molar-refractivity contribution >= 4 is 21.8 Å². The Hall–Kier alpha value is -3.21. The fraction of sp³-hybridized carbons (Fsp3) is 0.448. The topological polar surface area (TPSA) is 119 Å². The molecule has 0 aromatic heterocycles. The van der Waals surface area contributed by atoms with E-state index in [2.05, 4.69) is 33.7 Å². The quantitative estimate of drug-likeness (QED) is 0.463. The van der Waals surface area contributed by atoms with Crippen molar-refractivity contribution in [2.45, 2.75) is 75.0 Å². The molecule has 208 valence electrons. The van der Waals surface area contributed by atoms with E-state index in [0.717, 1.165) is 60.6 Å². The molecule has 0 bridgehead atoms. The van der Waals surface area contributed by atoms with Crippen molar-refractivity contribution in [3.8, 4) is 0 Å². The molecule has 3 atom stereocenters. The molecule has 2 amide bonds. The number of aliphatic hydroxyl groups is 1. The number of aryl methyl sites for hydroxylation is 2. The molecule has 0 radical (unpaired) electrons. The number of nitrogens with zero attached hydrogens (tertiary/aromatic N) is 2. The highest BCUT2D eigenvalue weighted by atomic mass is 32.2. The average Bonchev–Trinajstić information content (AvgIpc) is 3.37. The van der Waals surface area contributed by atoms with Gasteiger partial charge < -0.3 is 15.7 Å². The van der Waals surface area contributed by atoms with E-state index in [1.807, 2.05) is 6.92 Å². The standard InChI is InChI=1S/C29H36N4O5S/c1-20-7-10-24(11-8-20)39(37,38)33-15-13-30-29(36)27(33)17-28(35)31-26-6-2-4-22-16-21(9-12-25(22)26)18-32-14-3-5-23(32)19-34/h7-13,15-16,23,26-27,34H,2-6,14,17-19H2,1H3,(H,30,36)(H,31,35)/t23-,26+,27+/m0/s1. The second-order valence-corrected chi connectivity index (χ2v) is 12.5. The lowest BCUT2D eigenvalue weighted by molar-refractivity contribution is -0.129. The minimum Gasteiger partial charge on any atom is -0.395 e. The molecular weight excluding hydrogens is 516 g/mol.